The molecule has 6 heteroatoms. The molecule has 2 aromatic rings. The molecule has 1 saturated heterocycles. The van der Waals surface area contributed by atoms with Crippen molar-refractivity contribution in [1.82, 2.24) is 4.90 Å². The van der Waals surface area contributed by atoms with Gasteiger partial charge in [-0.15, -0.1) is 0 Å². The molecule has 1 N–H and O–H groups in total. The van der Waals surface area contributed by atoms with Gasteiger partial charge in [0.25, 0.3) is 0 Å². The Morgan fingerprint density at radius 3 is 2.46 bits per heavy atom. The highest BCUT2D eigenvalue weighted by atomic mass is 16.5. The number of aromatic hydroxyl groups is 1. The third-order valence-corrected chi connectivity index (χ3v) is 5.02. The first-order valence-electron chi connectivity index (χ1n) is 9.32. The molecule has 0 saturated carbocycles. The summed E-state index contributed by atoms with van der Waals surface area (Å²) in [5.74, 6) is -0.0264. The number of carbonyl (C=O) groups is 1. The normalized spacial score (nSPS) is 18.1. The molecule has 144 valence electrons. The van der Waals surface area contributed by atoms with E-state index in [0.29, 0.717) is 48.8 Å². The zero-order chi connectivity index (χ0) is 19.7. The van der Waals surface area contributed by atoms with Crippen LogP contribution in [0.25, 0.3) is 0 Å². The molecule has 2 aliphatic rings. The predicted octanol–water partition coefficient (Wildman–Crippen LogP) is 2.99. The second-order valence-corrected chi connectivity index (χ2v) is 7.07. The number of anilines is 1. The summed E-state index contributed by atoms with van der Waals surface area (Å²) in [5.41, 5.74) is 4.00. The van der Waals surface area contributed by atoms with Crippen molar-refractivity contribution in [2.75, 3.05) is 45.3 Å². The average molecular weight is 377 g/mol. The number of nitrogens with zero attached hydrogens (tertiary/aromatic N) is 3. The summed E-state index contributed by atoms with van der Waals surface area (Å²) in [5, 5.41) is 10.4. The maximum Gasteiger partial charge on any atom is 0.209 e. The van der Waals surface area contributed by atoms with E-state index in [-0.39, 0.29) is 11.5 Å². The van der Waals surface area contributed by atoms with Gasteiger partial charge in [-0.3, -0.25) is 4.79 Å². The number of benzene rings is 2. The van der Waals surface area contributed by atoms with E-state index in [1.807, 2.05) is 48.2 Å². The first-order chi connectivity index (χ1) is 13.5. The van der Waals surface area contributed by atoms with Crippen LogP contribution in [0.4, 0.5) is 11.4 Å². The van der Waals surface area contributed by atoms with Crippen molar-refractivity contribution in [3.05, 3.63) is 65.4 Å². The van der Waals surface area contributed by atoms with Crippen molar-refractivity contribution < 1.29 is 14.6 Å². The molecule has 2 aromatic carbocycles. The minimum atomic E-state index is -0.0882. The molecule has 0 spiro atoms. The average Bonchev–Trinajstić information content (AvgIpc) is 2.71. The number of phenols is 1. The van der Waals surface area contributed by atoms with Gasteiger partial charge in [-0.1, -0.05) is 12.1 Å². The molecule has 1 fully saturated rings. The number of allylic oxidation sites excluding steroid dienone is 2. The second-order valence-electron chi connectivity index (χ2n) is 7.07. The lowest BCUT2D eigenvalue weighted by Gasteiger charge is -2.32. The van der Waals surface area contributed by atoms with Crippen molar-refractivity contribution in [1.29, 1.82) is 0 Å². The second kappa shape index (κ2) is 7.48. The van der Waals surface area contributed by atoms with E-state index in [1.165, 1.54) is 0 Å². The van der Waals surface area contributed by atoms with E-state index < -0.39 is 0 Å². The number of hydrogen-bond donors (Lipinski definition) is 1. The predicted molar refractivity (Wildman–Crippen MR) is 110 cm³/mol. The lowest BCUT2D eigenvalue weighted by Crippen LogP contribution is -2.39. The number of Topliss-reactive ketones (excluding diaryl/α,β-unsaturated/α-hetero) is 1. The number of phenolic OH excluding ortho intramolecular Hbond substituents is 1. The molecule has 0 atom stereocenters. The number of ether oxygens (including phenoxy) is 1. The van der Waals surface area contributed by atoms with E-state index in [9.17, 15) is 9.90 Å². The minimum Gasteiger partial charge on any atom is -0.507 e. The minimum absolute atomic E-state index is 0.0618. The zero-order valence-corrected chi connectivity index (χ0v) is 16.1. The van der Waals surface area contributed by atoms with Crippen molar-refractivity contribution in [3.63, 3.8) is 0 Å². The number of aliphatic imine (C=N–C) groups is 1. The van der Waals surface area contributed by atoms with Crippen LogP contribution in [-0.2, 0) is 4.74 Å². The van der Waals surface area contributed by atoms with Crippen LogP contribution in [-0.4, -0.2) is 61.9 Å². The number of ketones is 1. The van der Waals surface area contributed by atoms with Crippen molar-refractivity contribution >= 4 is 22.9 Å². The third-order valence-electron chi connectivity index (χ3n) is 5.02. The smallest absolute Gasteiger partial charge is 0.209 e. The van der Waals surface area contributed by atoms with Crippen molar-refractivity contribution in [2.45, 2.75) is 0 Å². The monoisotopic (exact) mass is 377 g/mol. The van der Waals surface area contributed by atoms with E-state index >= 15 is 0 Å². The first kappa shape index (κ1) is 18.3. The summed E-state index contributed by atoms with van der Waals surface area (Å²) >= 11 is 0. The van der Waals surface area contributed by atoms with E-state index in [2.05, 4.69) is 0 Å². The van der Waals surface area contributed by atoms with Crippen LogP contribution in [0.3, 0.4) is 0 Å². The third kappa shape index (κ3) is 3.39. The number of morpholine rings is 1. The first-order valence-corrected chi connectivity index (χ1v) is 9.32. The highest BCUT2D eigenvalue weighted by molar-refractivity contribution is 6.27. The Kier molecular flexibility index (Phi) is 4.88. The van der Waals surface area contributed by atoms with Gasteiger partial charge < -0.3 is 19.6 Å². The molecule has 4 rings (SSSR count). The van der Waals surface area contributed by atoms with Crippen LogP contribution >= 0.6 is 0 Å². The summed E-state index contributed by atoms with van der Waals surface area (Å²) in [6, 6.07) is 12.9. The Balaban J connectivity index is 1.80. The summed E-state index contributed by atoms with van der Waals surface area (Å²) in [6.45, 7) is 2.51. The Bertz CT molecular complexity index is 955. The number of rotatable bonds is 3. The SMILES string of the molecule is CN(C)c1ccc(N=C2C=C(N3CCOCC3)C(=O)c3cccc(O)c32)cc1. The summed E-state index contributed by atoms with van der Waals surface area (Å²) < 4.78 is 5.41. The molecule has 0 unspecified atom stereocenters. The van der Waals surface area contributed by atoms with Gasteiger partial charge in [0.2, 0.25) is 5.78 Å². The summed E-state index contributed by atoms with van der Waals surface area (Å²) in [6.07, 6.45) is 1.79. The lowest BCUT2D eigenvalue weighted by molar-refractivity contribution is 0.0507. The van der Waals surface area contributed by atoms with Crippen LogP contribution in [0.5, 0.6) is 5.75 Å². The lowest BCUT2D eigenvalue weighted by atomic mass is 9.90. The van der Waals surface area contributed by atoms with Gasteiger partial charge in [0, 0.05) is 38.4 Å². The standard InChI is InChI=1S/C22H23N3O3/c1-24(2)16-8-6-15(7-9-16)23-18-14-19(25-10-12-28-13-11-25)22(27)17-4-3-5-20(26)21(17)18/h3-9,14,26H,10-13H2,1-2H3. The number of hydrogen-bond acceptors (Lipinski definition) is 6. The fourth-order valence-corrected chi connectivity index (χ4v) is 3.50. The summed E-state index contributed by atoms with van der Waals surface area (Å²) in [7, 11) is 3.97. The fourth-order valence-electron chi connectivity index (χ4n) is 3.50. The summed E-state index contributed by atoms with van der Waals surface area (Å²) in [4.78, 5) is 21.9. The fraction of sp³-hybridized carbons (Fsp3) is 0.273. The highest BCUT2D eigenvalue weighted by Gasteiger charge is 2.30. The topological polar surface area (TPSA) is 65.4 Å². The maximum absolute atomic E-state index is 13.1. The van der Waals surface area contributed by atoms with Gasteiger partial charge in [0.1, 0.15) is 5.75 Å². The Labute approximate surface area is 164 Å². The van der Waals surface area contributed by atoms with Gasteiger partial charge in [-0.2, -0.15) is 0 Å². The van der Waals surface area contributed by atoms with Crippen LogP contribution in [0.2, 0.25) is 0 Å². The van der Waals surface area contributed by atoms with Gasteiger partial charge in [-0.05, 0) is 36.4 Å². The number of fused-ring (bicyclic) bond motifs is 1. The molecule has 28 heavy (non-hydrogen) atoms. The molecule has 1 heterocycles. The molecule has 0 aromatic heterocycles. The van der Waals surface area contributed by atoms with Crippen molar-refractivity contribution in [2.24, 2.45) is 4.99 Å². The highest BCUT2D eigenvalue weighted by Crippen LogP contribution is 2.32. The molecular formula is C22H23N3O3. The quantitative estimate of drug-likeness (QED) is 0.891. The molecule has 1 aliphatic carbocycles. The molecule has 0 amide bonds. The van der Waals surface area contributed by atoms with Crippen LogP contribution < -0.4 is 4.90 Å². The molecular weight excluding hydrogens is 354 g/mol. The van der Waals surface area contributed by atoms with E-state index in [4.69, 9.17) is 9.73 Å². The van der Waals surface area contributed by atoms with Gasteiger partial charge in [-0.25, -0.2) is 4.99 Å². The zero-order valence-electron chi connectivity index (χ0n) is 16.1. The van der Waals surface area contributed by atoms with Crippen LogP contribution in [0.15, 0.2) is 59.2 Å². The molecule has 0 bridgehead atoms. The Morgan fingerprint density at radius 1 is 1.07 bits per heavy atom. The van der Waals surface area contributed by atoms with Crippen LogP contribution in [0, 0.1) is 0 Å². The molecule has 6 nitrogen and oxygen atoms in total. The van der Waals surface area contributed by atoms with Gasteiger partial charge in [0.05, 0.1) is 35.9 Å². The van der Waals surface area contributed by atoms with Crippen molar-refractivity contribution in [3.8, 4) is 5.75 Å². The van der Waals surface area contributed by atoms with Gasteiger partial charge >= 0.3 is 0 Å². The molecule has 1 aliphatic heterocycles. The Hall–Kier alpha value is -3.12. The number of carbonyl (C=O) groups excluding carboxylic acids is 1. The maximum atomic E-state index is 13.1. The Morgan fingerprint density at radius 2 is 1.79 bits per heavy atom. The largest absolute Gasteiger partial charge is 0.507 e. The molecule has 0 radical (unpaired) electrons. The van der Waals surface area contributed by atoms with E-state index in [1.54, 1.807) is 24.3 Å². The van der Waals surface area contributed by atoms with Gasteiger partial charge in [0.15, 0.2) is 0 Å². The van der Waals surface area contributed by atoms with Crippen LogP contribution in [0.1, 0.15) is 15.9 Å². The van der Waals surface area contributed by atoms with E-state index in [0.717, 1.165) is 11.4 Å².